The zero-order chi connectivity index (χ0) is 16.9. The maximum atomic E-state index is 12.6. The number of methoxy groups -OCH3 is 1. The maximum Gasteiger partial charge on any atom is 0.244 e. The number of nitrogens with one attached hydrogen (secondary N) is 1. The van der Waals surface area contributed by atoms with Crippen molar-refractivity contribution in [3.63, 3.8) is 0 Å². The number of halogens is 1. The standard InChI is InChI=1S/C18H27BrN2O2/c1-17(20,14-5-7-15(19)8-6-14)16(22)21-13-18(11-12-23-2)9-3-4-10-18/h5-8H,3-4,9-13,20H2,1-2H3,(H,21,22). The lowest BCUT2D eigenvalue weighted by Crippen LogP contribution is -2.51. The fraction of sp³-hybridized carbons (Fsp3) is 0.611. The summed E-state index contributed by atoms with van der Waals surface area (Å²) in [6.45, 7) is 3.18. The number of rotatable bonds is 7. The van der Waals surface area contributed by atoms with Crippen molar-refractivity contribution in [3.8, 4) is 0 Å². The Hall–Kier alpha value is -0.910. The lowest BCUT2D eigenvalue weighted by Gasteiger charge is -2.31. The van der Waals surface area contributed by atoms with Crippen LogP contribution in [-0.4, -0.2) is 26.2 Å². The van der Waals surface area contributed by atoms with Crippen LogP contribution in [0.15, 0.2) is 28.7 Å². The molecule has 0 spiro atoms. The second-order valence-corrected chi connectivity index (χ2v) is 7.76. The molecule has 0 heterocycles. The van der Waals surface area contributed by atoms with Crippen molar-refractivity contribution in [1.29, 1.82) is 0 Å². The highest BCUT2D eigenvalue weighted by Gasteiger charge is 2.36. The summed E-state index contributed by atoms with van der Waals surface area (Å²) in [5.41, 5.74) is 6.27. The van der Waals surface area contributed by atoms with Gasteiger partial charge in [0.2, 0.25) is 5.91 Å². The molecule has 1 unspecified atom stereocenters. The molecular weight excluding hydrogens is 356 g/mol. The molecule has 1 saturated carbocycles. The third kappa shape index (κ3) is 4.55. The van der Waals surface area contributed by atoms with E-state index in [0.717, 1.165) is 35.9 Å². The molecular formula is C18H27BrN2O2. The van der Waals surface area contributed by atoms with Gasteiger partial charge in [0.15, 0.2) is 0 Å². The summed E-state index contributed by atoms with van der Waals surface area (Å²) in [4.78, 5) is 12.6. The third-order valence-corrected chi connectivity index (χ3v) is 5.57. The van der Waals surface area contributed by atoms with Crippen LogP contribution in [0.5, 0.6) is 0 Å². The van der Waals surface area contributed by atoms with Crippen molar-refractivity contribution >= 4 is 21.8 Å². The second kappa shape index (κ2) is 7.77. The van der Waals surface area contributed by atoms with Gasteiger partial charge in [0.1, 0.15) is 5.54 Å². The normalized spacial score (nSPS) is 19.3. The van der Waals surface area contributed by atoms with E-state index in [4.69, 9.17) is 10.5 Å². The van der Waals surface area contributed by atoms with Gasteiger partial charge in [-0.25, -0.2) is 0 Å². The third-order valence-electron chi connectivity index (χ3n) is 5.04. The van der Waals surface area contributed by atoms with Gasteiger partial charge >= 0.3 is 0 Å². The summed E-state index contributed by atoms with van der Waals surface area (Å²) in [5, 5.41) is 3.10. The molecule has 23 heavy (non-hydrogen) atoms. The van der Waals surface area contributed by atoms with E-state index in [2.05, 4.69) is 21.2 Å². The van der Waals surface area contributed by atoms with Crippen LogP contribution in [-0.2, 0) is 15.1 Å². The summed E-state index contributed by atoms with van der Waals surface area (Å²) in [5.74, 6) is -0.122. The summed E-state index contributed by atoms with van der Waals surface area (Å²) in [6.07, 6.45) is 5.74. The molecule has 0 aliphatic heterocycles. The fourth-order valence-electron chi connectivity index (χ4n) is 3.34. The predicted molar refractivity (Wildman–Crippen MR) is 96.1 cm³/mol. The average molecular weight is 383 g/mol. The van der Waals surface area contributed by atoms with Gasteiger partial charge in [-0.2, -0.15) is 0 Å². The highest BCUT2D eigenvalue weighted by molar-refractivity contribution is 9.10. The number of ether oxygens (including phenoxy) is 1. The van der Waals surface area contributed by atoms with Gasteiger partial charge in [-0.3, -0.25) is 4.79 Å². The van der Waals surface area contributed by atoms with Crippen molar-refractivity contribution in [2.45, 2.75) is 44.6 Å². The largest absolute Gasteiger partial charge is 0.385 e. The number of hydrogen-bond donors (Lipinski definition) is 2. The van der Waals surface area contributed by atoms with E-state index in [9.17, 15) is 4.79 Å². The molecule has 3 N–H and O–H groups in total. The fourth-order valence-corrected chi connectivity index (χ4v) is 3.60. The first-order valence-electron chi connectivity index (χ1n) is 8.22. The van der Waals surface area contributed by atoms with E-state index in [1.54, 1.807) is 14.0 Å². The topological polar surface area (TPSA) is 64.3 Å². The van der Waals surface area contributed by atoms with Gasteiger partial charge in [-0.05, 0) is 49.3 Å². The van der Waals surface area contributed by atoms with E-state index in [0.29, 0.717) is 6.54 Å². The number of benzene rings is 1. The molecule has 128 valence electrons. The first kappa shape index (κ1) is 18.4. The van der Waals surface area contributed by atoms with Gasteiger partial charge in [0.05, 0.1) is 0 Å². The average Bonchev–Trinajstić information content (AvgIpc) is 3.00. The zero-order valence-corrected chi connectivity index (χ0v) is 15.6. The van der Waals surface area contributed by atoms with Crippen LogP contribution < -0.4 is 11.1 Å². The van der Waals surface area contributed by atoms with Crippen molar-refractivity contribution in [2.24, 2.45) is 11.1 Å². The Kier molecular flexibility index (Phi) is 6.23. The maximum absolute atomic E-state index is 12.6. The molecule has 1 aliphatic rings. The van der Waals surface area contributed by atoms with Gasteiger partial charge < -0.3 is 15.8 Å². The highest BCUT2D eigenvalue weighted by Crippen LogP contribution is 2.40. The molecule has 1 aromatic rings. The van der Waals surface area contributed by atoms with Gasteiger partial charge in [0, 0.05) is 24.7 Å². The number of carbonyl (C=O) groups is 1. The first-order valence-corrected chi connectivity index (χ1v) is 9.01. The molecule has 1 atom stereocenters. The van der Waals surface area contributed by atoms with Crippen LogP contribution >= 0.6 is 15.9 Å². The summed E-state index contributed by atoms with van der Waals surface area (Å²) < 4.78 is 6.22. The predicted octanol–water partition coefficient (Wildman–Crippen LogP) is 3.34. The van der Waals surface area contributed by atoms with E-state index < -0.39 is 5.54 Å². The zero-order valence-electron chi connectivity index (χ0n) is 14.0. The Balaban J connectivity index is 2.00. The molecule has 2 rings (SSSR count). The molecule has 5 heteroatoms. The molecule has 4 nitrogen and oxygen atoms in total. The lowest BCUT2D eigenvalue weighted by atomic mass is 9.82. The smallest absolute Gasteiger partial charge is 0.244 e. The quantitative estimate of drug-likeness (QED) is 0.759. The molecule has 0 radical (unpaired) electrons. The van der Waals surface area contributed by atoms with Crippen molar-refractivity contribution < 1.29 is 9.53 Å². The van der Waals surface area contributed by atoms with Gasteiger partial charge in [-0.15, -0.1) is 0 Å². The van der Waals surface area contributed by atoms with Crippen molar-refractivity contribution in [2.75, 3.05) is 20.3 Å². The lowest BCUT2D eigenvalue weighted by molar-refractivity contribution is -0.126. The minimum Gasteiger partial charge on any atom is -0.385 e. The van der Waals surface area contributed by atoms with Crippen LogP contribution in [0.25, 0.3) is 0 Å². The summed E-state index contributed by atoms with van der Waals surface area (Å²) in [6, 6.07) is 7.59. The second-order valence-electron chi connectivity index (χ2n) is 6.84. The molecule has 1 aliphatic carbocycles. The van der Waals surface area contributed by atoms with Gasteiger partial charge in [-0.1, -0.05) is 40.9 Å². The van der Waals surface area contributed by atoms with Crippen LogP contribution in [0, 0.1) is 5.41 Å². The number of nitrogens with two attached hydrogens (primary N) is 1. The van der Waals surface area contributed by atoms with Crippen LogP contribution in [0.1, 0.15) is 44.6 Å². The van der Waals surface area contributed by atoms with Crippen LogP contribution in [0.3, 0.4) is 0 Å². The Bertz CT molecular complexity index is 522. The first-order chi connectivity index (χ1) is 10.9. The van der Waals surface area contributed by atoms with Crippen LogP contribution in [0.2, 0.25) is 0 Å². The Labute approximate surface area is 147 Å². The van der Waals surface area contributed by atoms with E-state index in [-0.39, 0.29) is 11.3 Å². The number of amides is 1. The van der Waals surface area contributed by atoms with E-state index >= 15 is 0 Å². The monoisotopic (exact) mass is 382 g/mol. The summed E-state index contributed by atoms with van der Waals surface area (Å²) in [7, 11) is 1.73. The Morgan fingerprint density at radius 2 is 1.96 bits per heavy atom. The number of hydrogen-bond acceptors (Lipinski definition) is 3. The molecule has 1 aromatic carbocycles. The SMILES string of the molecule is COCCC1(CNC(=O)C(C)(N)c2ccc(Br)cc2)CCCC1. The minimum atomic E-state index is -1.03. The molecule has 0 bridgehead atoms. The van der Waals surface area contributed by atoms with Crippen molar-refractivity contribution in [3.05, 3.63) is 34.3 Å². The highest BCUT2D eigenvalue weighted by atomic mass is 79.9. The summed E-state index contributed by atoms with van der Waals surface area (Å²) >= 11 is 3.40. The van der Waals surface area contributed by atoms with Gasteiger partial charge in [0.25, 0.3) is 0 Å². The molecule has 0 saturated heterocycles. The Morgan fingerprint density at radius 1 is 1.35 bits per heavy atom. The van der Waals surface area contributed by atoms with E-state index in [1.807, 2.05) is 24.3 Å². The van der Waals surface area contributed by atoms with E-state index in [1.165, 1.54) is 12.8 Å². The molecule has 0 aromatic heterocycles. The van der Waals surface area contributed by atoms with Crippen molar-refractivity contribution in [1.82, 2.24) is 5.32 Å². The minimum absolute atomic E-state index is 0.122. The molecule has 1 amide bonds. The van der Waals surface area contributed by atoms with Crippen LogP contribution in [0.4, 0.5) is 0 Å². The molecule has 1 fully saturated rings. The Morgan fingerprint density at radius 3 is 2.52 bits per heavy atom. The number of carbonyl (C=O) groups excluding carboxylic acids is 1.